The molecule has 0 aliphatic carbocycles. The number of rotatable bonds is 8. The summed E-state index contributed by atoms with van der Waals surface area (Å²) in [5.41, 5.74) is -1.33. The lowest BCUT2D eigenvalue weighted by Gasteiger charge is -2.40. The van der Waals surface area contributed by atoms with Crippen molar-refractivity contribution < 1.29 is 29.0 Å². The van der Waals surface area contributed by atoms with Gasteiger partial charge in [0.1, 0.15) is 17.2 Å². The van der Waals surface area contributed by atoms with Crippen molar-refractivity contribution in [3.8, 4) is 0 Å². The van der Waals surface area contributed by atoms with Gasteiger partial charge in [-0.3, -0.25) is 14.5 Å². The van der Waals surface area contributed by atoms with Crippen LogP contribution in [-0.4, -0.2) is 81.8 Å². The van der Waals surface area contributed by atoms with Crippen molar-refractivity contribution in [3.63, 3.8) is 0 Å². The maximum absolute atomic E-state index is 13.8. The lowest BCUT2D eigenvalue weighted by molar-refractivity contribution is -0.145. The molecule has 0 aromatic heterocycles. The van der Waals surface area contributed by atoms with Gasteiger partial charge in [0.05, 0.1) is 19.3 Å². The predicted molar refractivity (Wildman–Crippen MR) is 135 cm³/mol. The Hall–Kier alpha value is -2.65. The molecule has 36 heavy (non-hydrogen) atoms. The van der Waals surface area contributed by atoms with Crippen LogP contribution < -0.4 is 5.32 Å². The third-order valence-corrected chi connectivity index (χ3v) is 6.95. The monoisotopic (exact) mass is 503 g/mol. The maximum atomic E-state index is 13.8. The molecule has 1 aromatic carbocycles. The van der Waals surface area contributed by atoms with E-state index in [1.165, 1.54) is 4.90 Å². The predicted octanol–water partition coefficient (Wildman–Crippen LogP) is 2.85. The van der Waals surface area contributed by atoms with E-state index in [1.54, 1.807) is 32.6 Å². The zero-order valence-corrected chi connectivity index (χ0v) is 22.2. The van der Waals surface area contributed by atoms with Crippen LogP contribution in [0.15, 0.2) is 30.3 Å². The smallest absolute Gasteiger partial charge is 0.411 e. The van der Waals surface area contributed by atoms with Crippen molar-refractivity contribution in [1.29, 1.82) is 0 Å². The van der Waals surface area contributed by atoms with Crippen LogP contribution in [-0.2, 0) is 25.7 Å². The molecule has 9 nitrogen and oxygen atoms in total. The normalized spacial score (nSPS) is 23.9. The average Bonchev–Trinajstić information content (AvgIpc) is 3.48. The molecular weight excluding hydrogens is 462 g/mol. The number of aliphatic hydroxyl groups excluding tert-OH is 1. The fourth-order valence-electron chi connectivity index (χ4n) is 4.92. The third kappa shape index (κ3) is 6.37. The molecule has 2 heterocycles. The summed E-state index contributed by atoms with van der Waals surface area (Å²) >= 11 is 0. The highest BCUT2D eigenvalue weighted by atomic mass is 16.6. The van der Waals surface area contributed by atoms with Gasteiger partial charge in [-0.2, -0.15) is 0 Å². The van der Waals surface area contributed by atoms with Gasteiger partial charge in [-0.05, 0) is 65.9 Å². The van der Waals surface area contributed by atoms with Crippen LogP contribution in [0.1, 0.15) is 65.9 Å². The summed E-state index contributed by atoms with van der Waals surface area (Å²) in [6.45, 7) is 9.81. The fourth-order valence-corrected chi connectivity index (χ4v) is 4.92. The number of nitrogens with one attached hydrogen (secondary N) is 1. The molecule has 1 aromatic rings. The average molecular weight is 504 g/mol. The Bertz CT molecular complexity index is 912. The second-order valence-electron chi connectivity index (χ2n) is 10.9. The van der Waals surface area contributed by atoms with E-state index in [4.69, 9.17) is 9.47 Å². The van der Waals surface area contributed by atoms with E-state index in [2.05, 4.69) is 5.32 Å². The number of hydrogen-bond donors (Lipinski definition) is 2. The quantitative estimate of drug-likeness (QED) is 0.565. The van der Waals surface area contributed by atoms with Crippen LogP contribution in [0.3, 0.4) is 0 Å². The summed E-state index contributed by atoms with van der Waals surface area (Å²) in [5, 5.41) is 13.3. The lowest BCUT2D eigenvalue weighted by Crippen LogP contribution is -2.65. The minimum absolute atomic E-state index is 0.218. The summed E-state index contributed by atoms with van der Waals surface area (Å²) in [5.74, 6) is -0.794. The molecule has 2 fully saturated rings. The summed E-state index contributed by atoms with van der Waals surface area (Å²) in [7, 11) is 0. The first kappa shape index (κ1) is 27.9. The van der Waals surface area contributed by atoms with Gasteiger partial charge in [0.25, 0.3) is 0 Å². The number of carbonyl (C=O) groups excluding carboxylic acids is 3. The van der Waals surface area contributed by atoms with Crippen LogP contribution >= 0.6 is 0 Å². The van der Waals surface area contributed by atoms with Crippen LogP contribution in [0.4, 0.5) is 4.79 Å². The summed E-state index contributed by atoms with van der Waals surface area (Å²) < 4.78 is 11.6. The number of ether oxygens (including phenoxy) is 2. The van der Waals surface area contributed by atoms with Crippen molar-refractivity contribution in [3.05, 3.63) is 35.9 Å². The van der Waals surface area contributed by atoms with Gasteiger partial charge in [-0.25, -0.2) is 4.79 Å². The molecule has 2 aliphatic rings. The summed E-state index contributed by atoms with van der Waals surface area (Å²) in [6.07, 6.45) is 1.32. The van der Waals surface area contributed by atoms with E-state index in [9.17, 15) is 19.5 Å². The highest BCUT2D eigenvalue weighted by molar-refractivity contribution is 5.95. The van der Waals surface area contributed by atoms with Crippen molar-refractivity contribution in [2.45, 2.75) is 96.2 Å². The van der Waals surface area contributed by atoms with Gasteiger partial charge in [0.2, 0.25) is 11.8 Å². The fraction of sp³-hybridized carbons (Fsp3) is 0.667. The minimum atomic E-state index is -1.52. The Morgan fingerprint density at radius 3 is 2.39 bits per heavy atom. The highest BCUT2D eigenvalue weighted by Crippen LogP contribution is 2.36. The number of nitrogens with zero attached hydrogens (tertiary/aromatic N) is 2. The van der Waals surface area contributed by atoms with Crippen LogP contribution in [0, 0.1) is 0 Å². The molecule has 4 atom stereocenters. The summed E-state index contributed by atoms with van der Waals surface area (Å²) in [4.78, 5) is 43.4. The Morgan fingerprint density at radius 2 is 1.81 bits per heavy atom. The van der Waals surface area contributed by atoms with Crippen molar-refractivity contribution in [1.82, 2.24) is 15.1 Å². The van der Waals surface area contributed by atoms with E-state index < -0.39 is 41.9 Å². The van der Waals surface area contributed by atoms with E-state index in [1.807, 2.05) is 37.3 Å². The first-order valence-corrected chi connectivity index (χ1v) is 12.9. The molecule has 3 rings (SSSR count). The number of likely N-dealkylation sites (tertiary alicyclic amines) is 2. The maximum Gasteiger partial charge on any atom is 0.411 e. The Labute approximate surface area is 214 Å². The van der Waals surface area contributed by atoms with Crippen LogP contribution in [0.2, 0.25) is 0 Å². The second-order valence-corrected chi connectivity index (χ2v) is 10.9. The first-order chi connectivity index (χ1) is 17.0. The largest absolute Gasteiger partial charge is 0.444 e. The number of aliphatic hydroxyl groups is 1. The van der Waals surface area contributed by atoms with E-state index in [0.29, 0.717) is 19.5 Å². The number of benzene rings is 1. The molecule has 2 unspecified atom stereocenters. The number of carbonyl (C=O) groups is 3. The topological polar surface area (TPSA) is 108 Å². The molecule has 200 valence electrons. The van der Waals surface area contributed by atoms with Crippen LogP contribution in [0.5, 0.6) is 0 Å². The van der Waals surface area contributed by atoms with Gasteiger partial charge in [0.15, 0.2) is 0 Å². The number of hydrogen-bond acceptors (Lipinski definition) is 6. The second kappa shape index (κ2) is 11.6. The van der Waals surface area contributed by atoms with Gasteiger partial charge in [0, 0.05) is 19.1 Å². The van der Waals surface area contributed by atoms with Crippen molar-refractivity contribution in [2.75, 3.05) is 19.7 Å². The molecule has 2 aliphatic heterocycles. The van der Waals surface area contributed by atoms with Crippen molar-refractivity contribution in [2.24, 2.45) is 0 Å². The Morgan fingerprint density at radius 1 is 1.17 bits per heavy atom. The van der Waals surface area contributed by atoms with Gasteiger partial charge < -0.3 is 24.8 Å². The molecule has 9 heteroatoms. The standard InChI is InChI=1S/C27H41N3O6/c1-19-13-14-27(18-31,30(19)25(34)36-26(3,4)5)24(33)28-22(23(32)29-15-9-10-16-29)20(2)35-17-21-11-7-6-8-12-21/h6-8,11-12,19-20,22,31H,9-10,13-18H2,1-5H3,(H,28,33)/t19?,20-,22+,27?/m1/s1. The molecular formula is C27H41N3O6. The van der Waals surface area contributed by atoms with Crippen LogP contribution in [0.25, 0.3) is 0 Å². The lowest BCUT2D eigenvalue weighted by atomic mass is 9.95. The Balaban J connectivity index is 1.83. The zero-order chi connectivity index (χ0) is 26.5. The summed E-state index contributed by atoms with van der Waals surface area (Å²) in [6, 6.07) is 8.34. The zero-order valence-electron chi connectivity index (χ0n) is 22.2. The minimum Gasteiger partial charge on any atom is -0.444 e. The third-order valence-electron chi connectivity index (χ3n) is 6.95. The van der Waals surface area contributed by atoms with Gasteiger partial charge >= 0.3 is 6.09 Å². The molecule has 2 N–H and O–H groups in total. The SMILES string of the molecule is CC1CCC(CO)(C(=O)N[C@H](C(=O)N2CCCC2)[C@@H](C)OCc2ccccc2)N1C(=O)OC(C)(C)C. The number of amides is 3. The van der Waals surface area contributed by atoms with E-state index in [0.717, 1.165) is 18.4 Å². The molecule has 3 amide bonds. The van der Waals surface area contributed by atoms with Crippen molar-refractivity contribution >= 4 is 17.9 Å². The van der Waals surface area contributed by atoms with E-state index >= 15 is 0 Å². The molecule has 0 bridgehead atoms. The van der Waals surface area contributed by atoms with E-state index in [-0.39, 0.29) is 25.0 Å². The first-order valence-electron chi connectivity index (χ1n) is 12.9. The molecule has 0 saturated carbocycles. The molecule has 2 saturated heterocycles. The molecule has 0 spiro atoms. The highest BCUT2D eigenvalue weighted by Gasteiger charge is 2.54. The van der Waals surface area contributed by atoms with Gasteiger partial charge in [-0.1, -0.05) is 30.3 Å². The Kier molecular flexibility index (Phi) is 9.00. The molecule has 0 radical (unpaired) electrons. The van der Waals surface area contributed by atoms with Gasteiger partial charge in [-0.15, -0.1) is 0 Å².